The number of ketones is 1. The van der Waals surface area contributed by atoms with E-state index >= 15 is 0 Å². The van der Waals surface area contributed by atoms with Gasteiger partial charge in [0.15, 0.2) is 0 Å². The normalized spacial score (nSPS) is 11.1. The van der Waals surface area contributed by atoms with Crippen molar-refractivity contribution in [3.8, 4) is 0 Å². The van der Waals surface area contributed by atoms with Gasteiger partial charge >= 0.3 is 13.8 Å². The van der Waals surface area contributed by atoms with Gasteiger partial charge in [-0.15, -0.1) is 0 Å². The summed E-state index contributed by atoms with van der Waals surface area (Å²) < 4.78 is 13.5. The lowest BCUT2D eigenvalue weighted by molar-refractivity contribution is -0.150. The van der Waals surface area contributed by atoms with Crippen LogP contribution in [-0.4, -0.2) is 33.3 Å². The Labute approximate surface area is 60.8 Å². The molecular weight excluding hydrogens is 179 g/mol. The third kappa shape index (κ3) is 5.68. The number of carbonyl (C=O) groups excluding carboxylic acids is 1. The summed E-state index contributed by atoms with van der Waals surface area (Å²) in [5.41, 5.74) is 0. The van der Waals surface area contributed by atoms with Gasteiger partial charge < -0.3 is 14.9 Å². The zero-order chi connectivity index (χ0) is 9.07. The molecule has 0 unspecified atom stereocenters. The number of phosphoric acid groups is 1. The lowest BCUT2D eigenvalue weighted by Crippen LogP contribution is -2.17. The van der Waals surface area contributed by atoms with E-state index in [9.17, 15) is 14.2 Å². The molecule has 0 aromatic rings. The van der Waals surface area contributed by atoms with Crippen LogP contribution < -0.4 is 0 Å². The van der Waals surface area contributed by atoms with Crippen molar-refractivity contribution in [2.75, 3.05) is 6.61 Å². The molecule has 0 radical (unpaired) electrons. The number of phosphoric ester groups is 1. The number of carboxylic acids is 1. The molecule has 0 aliphatic rings. The maximum Gasteiger partial charge on any atom is 0.470 e. The third-order valence-electron chi connectivity index (χ3n) is 0.602. The Morgan fingerprint density at radius 1 is 1.36 bits per heavy atom. The van der Waals surface area contributed by atoms with Crippen molar-refractivity contribution in [2.45, 2.75) is 0 Å². The van der Waals surface area contributed by atoms with E-state index in [1.807, 2.05) is 0 Å². The van der Waals surface area contributed by atoms with Crippen molar-refractivity contribution < 1.29 is 33.6 Å². The highest BCUT2D eigenvalue weighted by Gasteiger charge is 2.19. The van der Waals surface area contributed by atoms with Crippen molar-refractivity contribution in [1.29, 1.82) is 0 Å². The Bertz CT molecular complexity index is 214. The summed E-state index contributed by atoms with van der Waals surface area (Å²) >= 11 is 0. The minimum absolute atomic E-state index is 1.13. The highest BCUT2D eigenvalue weighted by Crippen LogP contribution is 2.35. The first-order valence-electron chi connectivity index (χ1n) is 2.29. The average Bonchev–Trinajstić information content (AvgIpc) is 1.80. The second-order valence-corrected chi connectivity index (χ2v) is 2.73. The lowest BCUT2D eigenvalue weighted by Gasteiger charge is -2.00. The maximum absolute atomic E-state index is 10.1. The van der Waals surface area contributed by atoms with Gasteiger partial charge in [-0.3, -0.25) is 9.32 Å². The summed E-state index contributed by atoms with van der Waals surface area (Å²) in [7, 11) is -4.74. The van der Waals surface area contributed by atoms with Crippen LogP contribution in [0, 0.1) is 0 Å². The van der Waals surface area contributed by atoms with Crippen LogP contribution in [0.5, 0.6) is 0 Å². The van der Waals surface area contributed by atoms with Crippen LogP contribution in [0.3, 0.4) is 0 Å². The van der Waals surface area contributed by atoms with E-state index in [-0.39, 0.29) is 0 Å². The van der Waals surface area contributed by atoms with Crippen molar-refractivity contribution in [3.05, 3.63) is 0 Å². The number of Topliss-reactive ketones (excluding diaryl/α,β-unsaturated/α-hetero) is 1. The fourth-order valence-corrected chi connectivity index (χ4v) is 0.490. The fourth-order valence-electron chi connectivity index (χ4n) is 0.204. The Morgan fingerprint density at radius 3 is 2.09 bits per heavy atom. The summed E-state index contributed by atoms with van der Waals surface area (Å²) in [6.45, 7) is -1.13. The predicted molar refractivity (Wildman–Crippen MR) is 30.6 cm³/mol. The van der Waals surface area contributed by atoms with Gasteiger partial charge in [0.1, 0.15) is 6.61 Å². The van der Waals surface area contributed by atoms with Crippen LogP contribution in [0.4, 0.5) is 0 Å². The first-order chi connectivity index (χ1) is 4.83. The Kier molecular flexibility index (Phi) is 3.34. The molecule has 11 heavy (non-hydrogen) atoms. The lowest BCUT2D eigenvalue weighted by atomic mass is 10.4. The maximum atomic E-state index is 10.1. The summed E-state index contributed by atoms with van der Waals surface area (Å²) in [6.07, 6.45) is 0. The Balaban J connectivity index is 3.82. The smallest absolute Gasteiger partial charge is 0.470 e. The van der Waals surface area contributed by atoms with E-state index in [1.165, 1.54) is 0 Å². The van der Waals surface area contributed by atoms with E-state index in [0.29, 0.717) is 0 Å². The van der Waals surface area contributed by atoms with E-state index < -0.39 is 26.2 Å². The molecule has 0 atom stereocenters. The van der Waals surface area contributed by atoms with Gasteiger partial charge in [-0.1, -0.05) is 0 Å². The highest BCUT2D eigenvalue weighted by atomic mass is 31.2. The molecule has 0 aliphatic heterocycles. The topological polar surface area (TPSA) is 121 Å². The minimum atomic E-state index is -4.74. The second kappa shape index (κ2) is 3.59. The standard InChI is InChI=1S/C3H5O7P/c4-2(3(5)6)1-10-11(7,8)9/h1H2,(H,5,6)(H2,7,8,9). The molecule has 7 nitrogen and oxygen atoms in total. The third-order valence-corrected chi connectivity index (χ3v) is 1.07. The molecule has 64 valence electrons. The molecule has 0 aromatic carbocycles. The van der Waals surface area contributed by atoms with E-state index in [1.54, 1.807) is 0 Å². The van der Waals surface area contributed by atoms with Gasteiger partial charge in [0.25, 0.3) is 5.78 Å². The van der Waals surface area contributed by atoms with Crippen LogP contribution in [0.15, 0.2) is 0 Å². The largest absolute Gasteiger partial charge is 0.475 e. The number of hydrogen-bond acceptors (Lipinski definition) is 4. The number of rotatable bonds is 4. The predicted octanol–water partition coefficient (Wildman–Crippen LogP) is -1.25. The van der Waals surface area contributed by atoms with E-state index in [2.05, 4.69) is 4.52 Å². The first-order valence-corrected chi connectivity index (χ1v) is 3.82. The van der Waals surface area contributed by atoms with Crippen LogP contribution in [-0.2, 0) is 18.7 Å². The van der Waals surface area contributed by atoms with Crippen molar-refractivity contribution in [3.63, 3.8) is 0 Å². The molecule has 0 heterocycles. The summed E-state index contributed by atoms with van der Waals surface area (Å²) in [5, 5.41) is 7.90. The number of carbonyl (C=O) groups is 2. The number of aliphatic carboxylic acids is 1. The zero-order valence-electron chi connectivity index (χ0n) is 5.13. The van der Waals surface area contributed by atoms with Crippen LogP contribution in [0.2, 0.25) is 0 Å². The molecular formula is C3H5O7P. The van der Waals surface area contributed by atoms with Crippen molar-refractivity contribution in [2.24, 2.45) is 0 Å². The van der Waals surface area contributed by atoms with Crippen LogP contribution >= 0.6 is 7.82 Å². The molecule has 0 saturated heterocycles. The van der Waals surface area contributed by atoms with Gasteiger partial charge in [0.05, 0.1) is 0 Å². The summed E-state index contributed by atoms with van der Waals surface area (Å²) in [4.78, 5) is 35.8. The number of carboxylic acid groups (broad SMARTS) is 1. The highest BCUT2D eigenvalue weighted by molar-refractivity contribution is 7.46. The average molecular weight is 184 g/mol. The van der Waals surface area contributed by atoms with Crippen LogP contribution in [0.1, 0.15) is 0 Å². The molecule has 0 fully saturated rings. The SMILES string of the molecule is O=C(O)C(=O)COP(=O)(O)O. The summed E-state index contributed by atoms with van der Waals surface area (Å²) in [6, 6.07) is 0. The Hall–Kier alpha value is -0.750. The van der Waals surface area contributed by atoms with Gasteiger partial charge in [-0.05, 0) is 0 Å². The molecule has 3 N–H and O–H groups in total. The zero-order valence-corrected chi connectivity index (χ0v) is 6.02. The molecule has 0 amide bonds. The van der Waals surface area contributed by atoms with Gasteiger partial charge in [0.2, 0.25) is 0 Å². The van der Waals surface area contributed by atoms with Gasteiger partial charge in [-0.2, -0.15) is 0 Å². The molecule has 0 aliphatic carbocycles. The molecule has 8 heteroatoms. The Morgan fingerprint density at radius 2 is 1.82 bits per heavy atom. The first kappa shape index (κ1) is 10.2. The minimum Gasteiger partial charge on any atom is -0.475 e. The molecule has 0 aromatic heterocycles. The van der Waals surface area contributed by atoms with E-state index in [0.717, 1.165) is 0 Å². The molecule has 0 saturated carbocycles. The molecule has 0 spiro atoms. The monoisotopic (exact) mass is 184 g/mol. The van der Waals surface area contributed by atoms with E-state index in [4.69, 9.17) is 14.9 Å². The van der Waals surface area contributed by atoms with Gasteiger partial charge in [0, 0.05) is 0 Å². The molecule has 0 rings (SSSR count). The quantitative estimate of drug-likeness (QED) is 0.368. The van der Waals surface area contributed by atoms with Crippen LogP contribution in [0.25, 0.3) is 0 Å². The molecule has 0 bridgehead atoms. The van der Waals surface area contributed by atoms with Crippen molar-refractivity contribution in [1.82, 2.24) is 0 Å². The fraction of sp³-hybridized carbons (Fsp3) is 0.333. The van der Waals surface area contributed by atoms with Crippen molar-refractivity contribution >= 4 is 19.6 Å². The number of hydrogen-bond donors (Lipinski definition) is 3. The second-order valence-electron chi connectivity index (χ2n) is 1.49. The van der Waals surface area contributed by atoms with Gasteiger partial charge in [-0.25, -0.2) is 9.36 Å². The summed E-state index contributed by atoms with van der Waals surface area (Å²) in [5.74, 6) is -3.20.